The molecule has 3 rings (SSSR count). The number of hydrogen-bond donors (Lipinski definition) is 1. The molecule has 0 heterocycles. The molecule has 0 fully saturated rings. The summed E-state index contributed by atoms with van der Waals surface area (Å²) in [5.74, 6) is 0.906. The van der Waals surface area contributed by atoms with Gasteiger partial charge in [-0.3, -0.25) is 0 Å². The van der Waals surface area contributed by atoms with Crippen molar-refractivity contribution in [2.75, 3.05) is 6.61 Å². The molecule has 1 atom stereocenters. The highest BCUT2D eigenvalue weighted by molar-refractivity contribution is 6.06. The van der Waals surface area contributed by atoms with E-state index in [0.29, 0.717) is 6.61 Å². The lowest BCUT2D eigenvalue weighted by Crippen LogP contribution is -1.97. The minimum atomic E-state index is -0.491. The van der Waals surface area contributed by atoms with Gasteiger partial charge in [-0.05, 0) is 36.2 Å². The van der Waals surface area contributed by atoms with Crippen molar-refractivity contribution in [3.63, 3.8) is 0 Å². The van der Waals surface area contributed by atoms with Gasteiger partial charge in [0, 0.05) is 10.8 Å². The number of benzene rings is 3. The summed E-state index contributed by atoms with van der Waals surface area (Å²) in [7, 11) is 0. The zero-order valence-electron chi connectivity index (χ0n) is 11.8. The second kappa shape index (κ2) is 5.14. The Morgan fingerprint density at radius 2 is 1.75 bits per heavy atom. The van der Waals surface area contributed by atoms with Gasteiger partial charge >= 0.3 is 0 Å². The zero-order valence-corrected chi connectivity index (χ0v) is 11.8. The van der Waals surface area contributed by atoms with Crippen molar-refractivity contribution >= 4 is 21.5 Å². The van der Waals surface area contributed by atoms with Crippen molar-refractivity contribution in [2.45, 2.75) is 20.0 Å². The lowest BCUT2D eigenvalue weighted by atomic mass is 9.96. The predicted octanol–water partition coefficient (Wildman–Crippen LogP) is 4.45. The van der Waals surface area contributed by atoms with Crippen LogP contribution < -0.4 is 4.74 Å². The average Bonchev–Trinajstić information content (AvgIpc) is 2.46. The molecule has 0 aliphatic rings. The summed E-state index contributed by atoms with van der Waals surface area (Å²) in [5.41, 5.74) is 0.939. The molecule has 0 amide bonds. The quantitative estimate of drug-likeness (QED) is 0.710. The molecule has 102 valence electrons. The Kier molecular flexibility index (Phi) is 3.33. The van der Waals surface area contributed by atoms with E-state index in [1.807, 2.05) is 31.2 Å². The molecule has 0 aliphatic carbocycles. The molecule has 20 heavy (non-hydrogen) atoms. The van der Waals surface area contributed by atoms with Gasteiger partial charge in [-0.25, -0.2) is 0 Å². The van der Waals surface area contributed by atoms with E-state index in [1.54, 1.807) is 6.92 Å². The third kappa shape index (κ3) is 2.02. The Balaban J connectivity index is 2.46. The van der Waals surface area contributed by atoms with E-state index in [0.717, 1.165) is 32.9 Å². The number of rotatable bonds is 3. The number of hydrogen-bond acceptors (Lipinski definition) is 2. The smallest absolute Gasteiger partial charge is 0.134 e. The fourth-order valence-electron chi connectivity index (χ4n) is 2.74. The van der Waals surface area contributed by atoms with Crippen LogP contribution in [0.25, 0.3) is 21.5 Å². The van der Waals surface area contributed by atoms with Crippen molar-refractivity contribution in [3.05, 3.63) is 54.1 Å². The molecule has 0 radical (unpaired) electrons. The maximum absolute atomic E-state index is 9.97. The third-order valence-electron chi connectivity index (χ3n) is 3.63. The number of aliphatic hydroxyl groups excluding tert-OH is 1. The van der Waals surface area contributed by atoms with Crippen LogP contribution in [0.3, 0.4) is 0 Å². The third-order valence-corrected chi connectivity index (χ3v) is 3.63. The summed E-state index contributed by atoms with van der Waals surface area (Å²) < 4.78 is 5.89. The first-order valence-electron chi connectivity index (χ1n) is 6.97. The van der Waals surface area contributed by atoms with Crippen LogP contribution in [0.15, 0.2) is 48.5 Å². The van der Waals surface area contributed by atoms with Gasteiger partial charge in [0.05, 0.1) is 12.7 Å². The molecule has 3 aromatic carbocycles. The van der Waals surface area contributed by atoms with Gasteiger partial charge in [0.25, 0.3) is 0 Å². The molecule has 0 bridgehead atoms. The maximum Gasteiger partial charge on any atom is 0.134 e. The first kappa shape index (κ1) is 12.9. The first-order valence-corrected chi connectivity index (χ1v) is 6.97. The number of ether oxygens (including phenoxy) is 1. The van der Waals surface area contributed by atoms with Crippen molar-refractivity contribution in [1.82, 2.24) is 0 Å². The first-order chi connectivity index (χ1) is 9.72. The van der Waals surface area contributed by atoms with Gasteiger partial charge in [0.15, 0.2) is 0 Å². The van der Waals surface area contributed by atoms with Crippen molar-refractivity contribution < 1.29 is 9.84 Å². The Labute approximate surface area is 118 Å². The van der Waals surface area contributed by atoms with E-state index in [-0.39, 0.29) is 0 Å². The molecular weight excluding hydrogens is 248 g/mol. The standard InChI is InChI=1S/C18H18O2/c1-3-20-18-15-8-5-4-7-13(15)11-17-14(12(2)19)9-6-10-16(17)18/h4-12,19H,3H2,1-2H3. The van der Waals surface area contributed by atoms with E-state index in [2.05, 4.69) is 24.3 Å². The van der Waals surface area contributed by atoms with Gasteiger partial charge in [-0.1, -0.05) is 42.5 Å². The highest BCUT2D eigenvalue weighted by atomic mass is 16.5. The Morgan fingerprint density at radius 1 is 1.00 bits per heavy atom. The number of aliphatic hydroxyl groups is 1. The van der Waals surface area contributed by atoms with Crippen LogP contribution in [0.1, 0.15) is 25.5 Å². The summed E-state index contributed by atoms with van der Waals surface area (Å²) in [6.45, 7) is 4.42. The summed E-state index contributed by atoms with van der Waals surface area (Å²) in [6.07, 6.45) is -0.491. The summed E-state index contributed by atoms with van der Waals surface area (Å²) >= 11 is 0. The monoisotopic (exact) mass is 266 g/mol. The molecule has 0 aliphatic heterocycles. The SMILES string of the molecule is CCOc1c2ccccc2cc2c(C(C)O)cccc12. The molecule has 3 aromatic rings. The van der Waals surface area contributed by atoms with Crippen molar-refractivity contribution in [2.24, 2.45) is 0 Å². The van der Waals surface area contributed by atoms with E-state index in [4.69, 9.17) is 4.74 Å². The van der Waals surface area contributed by atoms with Crippen LogP contribution in [0.2, 0.25) is 0 Å². The normalized spacial score (nSPS) is 12.8. The van der Waals surface area contributed by atoms with Gasteiger partial charge in [-0.2, -0.15) is 0 Å². The minimum absolute atomic E-state index is 0.491. The van der Waals surface area contributed by atoms with Crippen molar-refractivity contribution in [1.29, 1.82) is 0 Å². The van der Waals surface area contributed by atoms with Gasteiger partial charge in [-0.15, -0.1) is 0 Å². The summed E-state index contributed by atoms with van der Waals surface area (Å²) in [4.78, 5) is 0. The summed E-state index contributed by atoms with van der Waals surface area (Å²) in [6, 6.07) is 16.3. The maximum atomic E-state index is 9.97. The molecule has 0 spiro atoms. The molecule has 1 N–H and O–H groups in total. The van der Waals surface area contributed by atoms with Crippen LogP contribution in [0, 0.1) is 0 Å². The van der Waals surface area contributed by atoms with E-state index >= 15 is 0 Å². The Hall–Kier alpha value is -2.06. The fraction of sp³-hybridized carbons (Fsp3) is 0.222. The second-order valence-electron chi connectivity index (χ2n) is 4.98. The highest BCUT2D eigenvalue weighted by Gasteiger charge is 2.12. The van der Waals surface area contributed by atoms with Crippen LogP contribution in [0.4, 0.5) is 0 Å². The zero-order chi connectivity index (χ0) is 14.1. The molecule has 2 nitrogen and oxygen atoms in total. The van der Waals surface area contributed by atoms with E-state index in [1.165, 1.54) is 0 Å². The van der Waals surface area contributed by atoms with E-state index < -0.39 is 6.10 Å². The fourth-order valence-corrected chi connectivity index (χ4v) is 2.74. The number of fused-ring (bicyclic) bond motifs is 2. The predicted molar refractivity (Wildman–Crippen MR) is 83.3 cm³/mol. The van der Waals surface area contributed by atoms with Gasteiger partial charge in [0.1, 0.15) is 5.75 Å². The topological polar surface area (TPSA) is 29.5 Å². The average molecular weight is 266 g/mol. The molecule has 1 unspecified atom stereocenters. The molecular formula is C18H18O2. The van der Waals surface area contributed by atoms with Gasteiger partial charge in [0.2, 0.25) is 0 Å². The molecule has 0 saturated carbocycles. The van der Waals surface area contributed by atoms with Crippen LogP contribution in [0.5, 0.6) is 5.75 Å². The lowest BCUT2D eigenvalue weighted by molar-refractivity contribution is 0.201. The van der Waals surface area contributed by atoms with Gasteiger partial charge < -0.3 is 9.84 Å². The minimum Gasteiger partial charge on any atom is -0.493 e. The molecule has 0 aromatic heterocycles. The Morgan fingerprint density at radius 3 is 2.50 bits per heavy atom. The largest absolute Gasteiger partial charge is 0.493 e. The van der Waals surface area contributed by atoms with Crippen LogP contribution >= 0.6 is 0 Å². The Bertz CT molecular complexity index is 760. The highest BCUT2D eigenvalue weighted by Crippen LogP contribution is 2.37. The second-order valence-corrected chi connectivity index (χ2v) is 4.98. The van der Waals surface area contributed by atoms with Crippen molar-refractivity contribution in [3.8, 4) is 5.75 Å². The molecule has 0 saturated heterocycles. The molecule has 2 heteroatoms. The van der Waals surface area contributed by atoms with E-state index in [9.17, 15) is 5.11 Å². The summed E-state index contributed by atoms with van der Waals surface area (Å²) in [5, 5.41) is 14.3. The lowest BCUT2D eigenvalue weighted by Gasteiger charge is -2.15. The van der Waals surface area contributed by atoms with Crippen LogP contribution in [-0.4, -0.2) is 11.7 Å². The van der Waals surface area contributed by atoms with Crippen LogP contribution in [-0.2, 0) is 0 Å².